The molecule has 15 amide bonds. The maximum Gasteiger partial charge on any atom is 0.246 e. The van der Waals surface area contributed by atoms with E-state index in [9.17, 15) is 82.1 Å². The normalized spacial score (nSPS) is 27.6. The van der Waals surface area contributed by atoms with Gasteiger partial charge in [0.2, 0.25) is 88.6 Å². The molecule has 4 heterocycles. The summed E-state index contributed by atoms with van der Waals surface area (Å²) in [5.41, 5.74) is 23.8. The predicted molar refractivity (Wildman–Crippen MR) is 349 cm³/mol. The Morgan fingerprint density at radius 1 is 0.646 bits per heavy atom. The number of aliphatic hydroxyl groups is 1. The first kappa shape index (κ1) is 78.3. The molecule has 0 unspecified atom stereocenters. The minimum absolute atomic E-state index is 0.0150. The van der Waals surface area contributed by atoms with E-state index in [0.29, 0.717) is 31.2 Å². The number of hydrogen-bond donors (Lipinski definition) is 17. The molecule has 1 aromatic rings. The molecule has 4 aliphatic heterocycles. The zero-order valence-electron chi connectivity index (χ0n) is 54.1. The molecule has 4 fully saturated rings. The molecule has 0 aliphatic carbocycles. The van der Waals surface area contributed by atoms with Gasteiger partial charge in [0, 0.05) is 44.0 Å². The van der Waals surface area contributed by atoms with E-state index in [2.05, 4.69) is 58.5 Å². The summed E-state index contributed by atoms with van der Waals surface area (Å²) in [6.45, 7) is 3.20. The molecule has 5 rings (SSSR count). The molecule has 0 aromatic heterocycles. The second-order valence-corrected chi connectivity index (χ2v) is 26.7. The number of nitrogens with one attached hydrogen (secondary N) is 11. The fraction of sp³-hybridized carbons (Fsp3) is 0.650. The van der Waals surface area contributed by atoms with Crippen molar-refractivity contribution < 1.29 is 82.1 Å². The van der Waals surface area contributed by atoms with Crippen LogP contribution in [-0.4, -0.2) is 232 Å². The highest BCUT2D eigenvalue weighted by Crippen LogP contribution is 2.25. The van der Waals surface area contributed by atoms with E-state index in [1.807, 2.05) is 0 Å². The van der Waals surface area contributed by atoms with Crippen molar-refractivity contribution in [1.29, 1.82) is 0 Å². The second-order valence-electron chi connectivity index (χ2n) is 24.1. The average molecular weight is 1390 g/mol. The lowest BCUT2D eigenvalue weighted by Crippen LogP contribution is -2.60. The Hall–Kier alpha value is -8.35. The van der Waals surface area contributed by atoms with E-state index in [4.69, 9.17) is 22.9 Å². The van der Waals surface area contributed by atoms with Gasteiger partial charge in [0.1, 0.15) is 72.2 Å². The third-order valence-electron chi connectivity index (χ3n) is 16.9. The summed E-state index contributed by atoms with van der Waals surface area (Å²) < 4.78 is 0. The number of carbonyl (C=O) groups is 15. The number of aromatic hydroxyl groups is 1. The molecule has 2 bridgehead atoms. The Bertz CT molecular complexity index is 2970. The quantitative estimate of drug-likeness (QED) is 0.0609. The maximum atomic E-state index is 14.5. The fourth-order valence-corrected chi connectivity index (χ4v) is 13.3. The molecule has 13 atom stereocenters. The maximum absolute atomic E-state index is 14.5. The van der Waals surface area contributed by atoms with E-state index in [1.54, 1.807) is 13.8 Å². The Labute approximate surface area is 563 Å². The lowest BCUT2D eigenvalue weighted by atomic mass is 9.99. The Morgan fingerprint density at radius 3 is 1.91 bits per heavy atom. The third kappa shape index (κ3) is 24.1. The van der Waals surface area contributed by atoms with Crippen molar-refractivity contribution in [3.8, 4) is 5.75 Å². The average Bonchev–Trinajstić information content (AvgIpc) is 1.61. The lowest BCUT2D eigenvalue weighted by molar-refractivity contribution is -0.143. The lowest BCUT2D eigenvalue weighted by Gasteiger charge is -2.30. The highest BCUT2D eigenvalue weighted by Gasteiger charge is 2.42. The highest BCUT2D eigenvalue weighted by molar-refractivity contribution is 8.76. The van der Waals surface area contributed by atoms with Crippen LogP contribution in [-0.2, 0) is 78.3 Å². The van der Waals surface area contributed by atoms with Crippen LogP contribution in [0.5, 0.6) is 5.75 Å². The number of carbonyl (C=O) groups excluding carboxylic acids is 15. The molecule has 21 N–H and O–H groups in total. The Kier molecular flexibility index (Phi) is 31.8. The molecule has 532 valence electrons. The number of nitrogens with zero attached hydrogens (tertiary/aromatic N) is 2. The van der Waals surface area contributed by atoms with E-state index >= 15 is 0 Å². The van der Waals surface area contributed by atoms with Crippen LogP contribution in [0.15, 0.2) is 24.3 Å². The molecule has 34 nitrogen and oxygen atoms in total. The van der Waals surface area contributed by atoms with Crippen molar-refractivity contribution in [2.45, 2.75) is 190 Å². The van der Waals surface area contributed by atoms with Crippen LogP contribution in [0.25, 0.3) is 0 Å². The molecule has 4 saturated heterocycles. The van der Waals surface area contributed by atoms with Crippen LogP contribution in [0.2, 0.25) is 0 Å². The van der Waals surface area contributed by atoms with Crippen LogP contribution < -0.4 is 81.4 Å². The van der Waals surface area contributed by atoms with Gasteiger partial charge in [0.25, 0.3) is 0 Å². The number of benzene rings is 1. The highest BCUT2D eigenvalue weighted by atomic mass is 33.1. The van der Waals surface area contributed by atoms with Gasteiger partial charge in [-0.15, -0.1) is 0 Å². The van der Waals surface area contributed by atoms with Crippen molar-refractivity contribution in [1.82, 2.24) is 68.3 Å². The largest absolute Gasteiger partial charge is 0.508 e. The summed E-state index contributed by atoms with van der Waals surface area (Å²) >= 11 is 0. The summed E-state index contributed by atoms with van der Waals surface area (Å²) in [4.78, 5) is 211. The number of phenols is 1. The van der Waals surface area contributed by atoms with Crippen molar-refractivity contribution in [3.63, 3.8) is 0 Å². The number of nitrogens with two attached hydrogens (primary N) is 4. The molecule has 96 heavy (non-hydrogen) atoms. The van der Waals surface area contributed by atoms with E-state index in [-0.39, 0.29) is 101 Å². The molecule has 4 aliphatic rings. The molecular weight excluding hydrogens is 1290 g/mol. The zero-order chi connectivity index (χ0) is 70.8. The van der Waals surface area contributed by atoms with E-state index < -0.39 is 194 Å². The molecule has 1 aromatic carbocycles. The zero-order valence-corrected chi connectivity index (χ0v) is 55.7. The summed E-state index contributed by atoms with van der Waals surface area (Å²) in [5, 5.41) is 48.5. The summed E-state index contributed by atoms with van der Waals surface area (Å²) in [5.74, 6) is -14.7. The van der Waals surface area contributed by atoms with Gasteiger partial charge in [0.15, 0.2) is 0 Å². The van der Waals surface area contributed by atoms with Gasteiger partial charge in [-0.3, -0.25) is 71.9 Å². The monoisotopic (exact) mass is 1390 g/mol. The number of fused-ring (bicyclic) bond motifs is 10. The van der Waals surface area contributed by atoms with Gasteiger partial charge >= 0.3 is 0 Å². The molecule has 0 spiro atoms. The van der Waals surface area contributed by atoms with Gasteiger partial charge in [0.05, 0.1) is 25.6 Å². The SMILES string of the molecule is CC[C@H](C)[C@H](N)C(=O)N[C@H]1CSSC[C@@H]2NC(=O)[C@H](C)NC(=O)[C@@H]3CCCN3C(=O)[C@H](CC(N)=O)NC(=O)[C@H](CCC(=O)NCCCC[C@@H](C(N)=O)NC(=O)[C@H](CO)NC(=O)[C@H](Cc3ccc(O)cc3)NC(=O)[C@H](CCCCN)NC(=O)[C@@H]3CCCN3C(=O)CNC2=O)NC1=O. The van der Waals surface area contributed by atoms with Crippen LogP contribution in [0.4, 0.5) is 0 Å². The standard InChI is InChI=1S/C60H93N17O17S2/c1-4-31(2)48(63)59(93)75-42-30-96-95-29-41-51(85)66-27-47(82)76-23-9-13-43(76)58(92)70-36(12-5-7-21-61)52(86)71-38(25-33-15-17-34(79)18-16-33)54(88)73-40(28-78)55(89)68-35(49(64)83)11-6-8-22-65-46(81)20-19-37(69-56(42)90)53(87)72-39(26-45(62)80)60(94)77-24-10-14-44(77)57(91)67-32(3)50(84)74-41/h15-18,31-32,35-44,48,78-79H,4-14,19-30,61,63H2,1-3H3,(H2,62,80)(H2,64,83)(H,65,81)(H,66,85)(H,67,91)(H,68,89)(H,69,90)(H,70,92)(H,71,86)(H,72,87)(H,73,88)(H,74,84)(H,75,93)/t31-,32-,35-,36-,37-,38-,39-,40-,41-,42-,43-,44-,48-/m0/s1. The number of unbranched alkanes of at least 4 members (excludes halogenated alkanes) is 1. The molecule has 0 saturated carbocycles. The van der Waals surface area contributed by atoms with Crippen molar-refractivity contribution in [2.75, 3.05) is 50.8 Å². The van der Waals surface area contributed by atoms with Crippen molar-refractivity contribution in [2.24, 2.45) is 28.9 Å². The second kappa shape index (κ2) is 39.0. The van der Waals surface area contributed by atoms with Gasteiger partial charge in [-0.05, 0) is 108 Å². The van der Waals surface area contributed by atoms with Gasteiger partial charge in [-0.2, -0.15) is 0 Å². The number of phenolic OH excluding ortho intramolecular Hbond substituents is 1. The predicted octanol–water partition coefficient (Wildman–Crippen LogP) is -6.25. The van der Waals surface area contributed by atoms with Crippen LogP contribution in [0.1, 0.15) is 116 Å². The van der Waals surface area contributed by atoms with Crippen molar-refractivity contribution >= 4 is 110 Å². The van der Waals surface area contributed by atoms with Crippen molar-refractivity contribution in [3.05, 3.63) is 29.8 Å². The van der Waals surface area contributed by atoms with Crippen LogP contribution in [0.3, 0.4) is 0 Å². The Morgan fingerprint density at radius 2 is 1.25 bits per heavy atom. The number of aliphatic hydroxyl groups excluding tert-OH is 1. The summed E-state index contributed by atoms with van der Waals surface area (Å²) in [7, 11) is 1.86. The molecular formula is C60H93N17O17S2. The molecule has 36 heteroatoms. The van der Waals surface area contributed by atoms with E-state index in [0.717, 1.165) is 26.5 Å². The topological polar surface area (TPSA) is 539 Å². The number of primary amides is 2. The van der Waals surface area contributed by atoms with Gasteiger partial charge in [-0.1, -0.05) is 54.0 Å². The third-order valence-corrected chi connectivity index (χ3v) is 19.3. The first-order valence-electron chi connectivity index (χ1n) is 32.2. The Balaban J connectivity index is 1.55. The minimum atomic E-state index is -1.74. The van der Waals surface area contributed by atoms with Crippen LogP contribution >= 0.6 is 21.6 Å². The first-order valence-corrected chi connectivity index (χ1v) is 34.7. The van der Waals surface area contributed by atoms with E-state index in [1.165, 1.54) is 36.1 Å². The van der Waals surface area contributed by atoms with Crippen LogP contribution in [0, 0.1) is 5.92 Å². The molecule has 0 radical (unpaired) electrons. The minimum Gasteiger partial charge on any atom is -0.508 e. The number of rotatable bonds is 14. The summed E-state index contributed by atoms with van der Waals surface area (Å²) in [6, 6.07) is -11.8. The first-order chi connectivity index (χ1) is 45.7. The fourth-order valence-electron chi connectivity index (χ4n) is 11.0. The number of hydrogen-bond acceptors (Lipinski definition) is 21. The summed E-state index contributed by atoms with van der Waals surface area (Å²) in [6.07, 6.45) is 0.0774. The smallest absolute Gasteiger partial charge is 0.246 e. The van der Waals surface area contributed by atoms with Gasteiger partial charge < -0.3 is 101 Å². The van der Waals surface area contributed by atoms with Gasteiger partial charge in [-0.25, -0.2) is 0 Å². The number of amides is 15.